The van der Waals surface area contributed by atoms with E-state index in [1.807, 2.05) is 25.3 Å². The van der Waals surface area contributed by atoms with Crippen LogP contribution in [0, 0.1) is 11.3 Å². The molecule has 0 spiro atoms. The Morgan fingerprint density at radius 3 is 2.96 bits per heavy atom. The molecule has 0 aliphatic heterocycles. The average Bonchev–Trinajstić information content (AvgIpc) is 3.30. The quantitative estimate of drug-likeness (QED) is 0.660. The minimum absolute atomic E-state index is 0.172. The number of hydrogen-bond donors (Lipinski definition) is 2. The Balaban J connectivity index is 1.64. The minimum atomic E-state index is -0.287. The first-order chi connectivity index (χ1) is 13.0. The van der Waals surface area contributed by atoms with E-state index in [1.165, 1.54) is 11.3 Å². The fourth-order valence-electron chi connectivity index (χ4n) is 2.49. The van der Waals surface area contributed by atoms with E-state index in [-0.39, 0.29) is 18.6 Å². The molecule has 1 aromatic carbocycles. The van der Waals surface area contributed by atoms with E-state index < -0.39 is 0 Å². The molecule has 9 heteroatoms. The van der Waals surface area contributed by atoms with Crippen LogP contribution in [0.4, 0.5) is 0 Å². The maximum Gasteiger partial charge on any atom is 0.271 e. The predicted molar refractivity (Wildman–Crippen MR) is 102 cm³/mol. The molecule has 0 saturated heterocycles. The number of carbonyl (C=O) groups is 1. The number of aliphatic hydroxyl groups excluding tert-OH is 1. The van der Waals surface area contributed by atoms with Gasteiger partial charge in [-0.1, -0.05) is 17.7 Å². The van der Waals surface area contributed by atoms with Crippen molar-refractivity contribution in [2.45, 2.75) is 26.1 Å². The normalized spacial score (nSPS) is 11.8. The number of thiazole rings is 1. The van der Waals surface area contributed by atoms with Crippen LogP contribution in [0.3, 0.4) is 0 Å². The molecular formula is C18H16ClN5O2S. The molecule has 3 aromatic rings. The van der Waals surface area contributed by atoms with Crippen LogP contribution >= 0.6 is 22.9 Å². The van der Waals surface area contributed by atoms with Crippen molar-refractivity contribution in [2.24, 2.45) is 0 Å². The monoisotopic (exact) mass is 401 g/mol. The summed E-state index contributed by atoms with van der Waals surface area (Å²) < 4.78 is 1.73. The van der Waals surface area contributed by atoms with Crippen molar-refractivity contribution in [3.05, 3.63) is 57.1 Å². The Kier molecular flexibility index (Phi) is 5.86. The van der Waals surface area contributed by atoms with Crippen LogP contribution in [0.5, 0.6) is 0 Å². The summed E-state index contributed by atoms with van der Waals surface area (Å²) in [4.78, 5) is 16.2. The van der Waals surface area contributed by atoms with E-state index in [0.29, 0.717) is 27.8 Å². The van der Waals surface area contributed by atoms with Gasteiger partial charge in [0.15, 0.2) is 0 Å². The predicted octanol–water partition coefficient (Wildman–Crippen LogP) is 2.84. The molecule has 7 nitrogen and oxygen atoms in total. The number of carbonyl (C=O) groups excluding carboxylic acids is 1. The summed E-state index contributed by atoms with van der Waals surface area (Å²) in [5.41, 5.74) is 2.26. The van der Waals surface area contributed by atoms with E-state index in [1.54, 1.807) is 28.3 Å². The van der Waals surface area contributed by atoms with Gasteiger partial charge in [0.25, 0.3) is 5.91 Å². The van der Waals surface area contributed by atoms with Crippen LogP contribution < -0.4 is 5.32 Å². The van der Waals surface area contributed by atoms with Gasteiger partial charge >= 0.3 is 0 Å². The van der Waals surface area contributed by atoms with Crippen LogP contribution in [0.2, 0.25) is 5.02 Å². The highest BCUT2D eigenvalue weighted by molar-refractivity contribution is 7.09. The van der Waals surface area contributed by atoms with Gasteiger partial charge in [-0.15, -0.1) is 11.3 Å². The number of hydrogen-bond acceptors (Lipinski definition) is 6. The van der Waals surface area contributed by atoms with Gasteiger partial charge in [0.1, 0.15) is 16.8 Å². The first kappa shape index (κ1) is 19.0. The highest BCUT2D eigenvalue weighted by atomic mass is 35.5. The number of benzene rings is 1. The van der Waals surface area contributed by atoms with Crippen LogP contribution in [-0.4, -0.2) is 31.8 Å². The first-order valence-corrected chi connectivity index (χ1v) is 9.35. The van der Waals surface area contributed by atoms with Crippen LogP contribution in [0.25, 0.3) is 11.3 Å². The van der Waals surface area contributed by atoms with Gasteiger partial charge in [0.2, 0.25) is 0 Å². The number of nitrogens with zero attached hydrogens (tertiary/aromatic N) is 4. The highest BCUT2D eigenvalue weighted by Gasteiger charge is 2.14. The fraction of sp³-hybridized carbons (Fsp3) is 0.222. The van der Waals surface area contributed by atoms with Crippen LogP contribution in [0.1, 0.15) is 28.0 Å². The largest absolute Gasteiger partial charge is 0.389 e. The molecule has 0 aliphatic carbocycles. The zero-order valence-corrected chi connectivity index (χ0v) is 16.0. The van der Waals surface area contributed by atoms with Crippen molar-refractivity contribution >= 4 is 28.8 Å². The van der Waals surface area contributed by atoms with E-state index >= 15 is 0 Å². The van der Waals surface area contributed by atoms with E-state index in [9.17, 15) is 4.79 Å². The molecule has 0 bridgehead atoms. The number of nitriles is 1. The number of halogens is 1. The molecule has 2 heterocycles. The van der Waals surface area contributed by atoms with Crippen molar-refractivity contribution in [3.63, 3.8) is 0 Å². The Morgan fingerprint density at radius 2 is 2.30 bits per heavy atom. The summed E-state index contributed by atoms with van der Waals surface area (Å²) >= 11 is 7.32. The average molecular weight is 402 g/mol. The third-order valence-corrected chi connectivity index (χ3v) is 4.93. The van der Waals surface area contributed by atoms with Gasteiger partial charge < -0.3 is 10.4 Å². The van der Waals surface area contributed by atoms with Gasteiger partial charge in [0.05, 0.1) is 29.4 Å². The molecule has 3 rings (SSSR count). The van der Waals surface area contributed by atoms with E-state index in [0.717, 1.165) is 11.3 Å². The summed E-state index contributed by atoms with van der Waals surface area (Å²) in [6, 6.07) is 8.86. The van der Waals surface area contributed by atoms with Gasteiger partial charge in [-0.25, -0.2) is 4.98 Å². The van der Waals surface area contributed by atoms with Crippen molar-refractivity contribution < 1.29 is 9.90 Å². The number of nitrogens with one attached hydrogen (secondary N) is 1. The Labute approximate surface area is 164 Å². The lowest BCUT2D eigenvalue weighted by molar-refractivity contribution is 0.0931. The van der Waals surface area contributed by atoms with Crippen LogP contribution in [0.15, 0.2) is 35.8 Å². The molecule has 2 N–H and O–H groups in total. The number of amides is 1. The second-order valence-electron chi connectivity index (χ2n) is 5.89. The molecule has 0 saturated carbocycles. The SMILES string of the molecule is C[C@H](Cn1ccc(-c2ccc(C#N)c(Cl)c2)n1)NC(=O)c1csc(CO)n1. The minimum Gasteiger partial charge on any atom is -0.389 e. The Bertz CT molecular complexity index is 1010. The smallest absolute Gasteiger partial charge is 0.271 e. The molecule has 1 amide bonds. The molecule has 2 aromatic heterocycles. The lowest BCUT2D eigenvalue weighted by atomic mass is 10.1. The van der Waals surface area contributed by atoms with Gasteiger partial charge in [-0.05, 0) is 25.1 Å². The zero-order chi connectivity index (χ0) is 19.4. The third-order valence-electron chi connectivity index (χ3n) is 3.78. The lowest BCUT2D eigenvalue weighted by Crippen LogP contribution is -2.36. The lowest BCUT2D eigenvalue weighted by Gasteiger charge is -2.13. The summed E-state index contributed by atoms with van der Waals surface area (Å²) in [7, 11) is 0. The summed E-state index contributed by atoms with van der Waals surface area (Å²) in [6.45, 7) is 2.17. The Hall–Kier alpha value is -2.73. The van der Waals surface area contributed by atoms with Crippen molar-refractivity contribution in [3.8, 4) is 17.3 Å². The van der Waals surface area contributed by atoms with Crippen molar-refractivity contribution in [1.82, 2.24) is 20.1 Å². The summed E-state index contributed by atoms with van der Waals surface area (Å²) in [5, 5.41) is 27.8. The number of aromatic nitrogens is 3. The molecule has 0 aliphatic rings. The highest BCUT2D eigenvalue weighted by Crippen LogP contribution is 2.24. The second-order valence-corrected chi connectivity index (χ2v) is 7.24. The third kappa shape index (κ3) is 4.52. The fourth-order valence-corrected chi connectivity index (χ4v) is 3.35. The van der Waals surface area contributed by atoms with Crippen molar-refractivity contribution in [2.75, 3.05) is 0 Å². The maximum absolute atomic E-state index is 12.2. The molecular weight excluding hydrogens is 386 g/mol. The molecule has 1 atom stereocenters. The van der Waals surface area contributed by atoms with Gasteiger partial charge in [-0.2, -0.15) is 10.4 Å². The standard InChI is InChI=1S/C18H16ClN5O2S/c1-11(21-18(26)16-10-27-17(9-25)22-16)8-24-5-4-15(23-24)12-2-3-13(7-20)14(19)6-12/h2-6,10-11,25H,8-9H2,1H3,(H,21,26)/t11-/m1/s1. The van der Waals surface area contributed by atoms with Crippen LogP contribution in [-0.2, 0) is 13.2 Å². The van der Waals surface area contributed by atoms with Gasteiger partial charge in [-0.3, -0.25) is 9.48 Å². The van der Waals surface area contributed by atoms with E-state index in [2.05, 4.69) is 15.4 Å². The molecule has 0 radical (unpaired) electrons. The zero-order valence-electron chi connectivity index (χ0n) is 14.4. The Morgan fingerprint density at radius 1 is 1.48 bits per heavy atom. The number of rotatable bonds is 6. The van der Waals surface area contributed by atoms with Gasteiger partial charge in [0, 0.05) is 23.2 Å². The molecule has 0 fully saturated rings. The molecule has 27 heavy (non-hydrogen) atoms. The maximum atomic E-state index is 12.2. The van der Waals surface area contributed by atoms with Crippen molar-refractivity contribution in [1.29, 1.82) is 5.26 Å². The first-order valence-electron chi connectivity index (χ1n) is 8.09. The molecule has 0 unspecified atom stereocenters. The summed E-state index contributed by atoms with van der Waals surface area (Å²) in [6.07, 6.45) is 1.82. The second kappa shape index (κ2) is 8.31. The summed E-state index contributed by atoms with van der Waals surface area (Å²) in [5.74, 6) is -0.287. The van der Waals surface area contributed by atoms with E-state index in [4.69, 9.17) is 22.0 Å². The number of aliphatic hydroxyl groups is 1. The molecule has 138 valence electrons. The topological polar surface area (TPSA) is 104 Å².